The molecule has 0 saturated carbocycles. The minimum Gasteiger partial charge on any atom is -0.361 e. The van der Waals surface area contributed by atoms with E-state index in [1.807, 2.05) is 12.4 Å². The molecule has 0 aliphatic rings. The number of aromatic nitrogens is 2. The second kappa shape index (κ2) is 5.25. The van der Waals surface area contributed by atoms with Crippen LogP contribution in [0.25, 0.3) is 21.8 Å². The van der Waals surface area contributed by atoms with Gasteiger partial charge in [-0.25, -0.2) is 0 Å². The highest BCUT2D eigenvalue weighted by molar-refractivity contribution is 5.80. The molecule has 2 heteroatoms. The Labute approximate surface area is 118 Å². The van der Waals surface area contributed by atoms with Crippen molar-refractivity contribution in [3.63, 3.8) is 0 Å². The quantitative estimate of drug-likeness (QED) is 0.449. The van der Waals surface area contributed by atoms with E-state index in [1.165, 1.54) is 32.9 Å². The molecular formula is C18H18N2. The summed E-state index contributed by atoms with van der Waals surface area (Å²) < 4.78 is 0. The van der Waals surface area contributed by atoms with Crippen molar-refractivity contribution in [1.82, 2.24) is 9.97 Å². The molecule has 2 aromatic heterocycles. The summed E-state index contributed by atoms with van der Waals surface area (Å²) in [5.41, 5.74) is 5.05. The van der Waals surface area contributed by atoms with Crippen LogP contribution in [0.4, 0.5) is 0 Å². The highest BCUT2D eigenvalue weighted by Gasteiger charge is 1.91. The molecule has 4 rings (SSSR count). The third-order valence-corrected chi connectivity index (χ3v) is 3.42. The minimum atomic E-state index is 1.21. The summed E-state index contributed by atoms with van der Waals surface area (Å²) >= 11 is 0. The van der Waals surface area contributed by atoms with Gasteiger partial charge >= 0.3 is 0 Å². The molecule has 2 N–H and O–H groups in total. The normalized spacial score (nSPS) is 10.5. The fourth-order valence-electron chi connectivity index (χ4n) is 2.33. The van der Waals surface area contributed by atoms with E-state index in [0.717, 1.165) is 0 Å². The van der Waals surface area contributed by atoms with Crippen LogP contribution < -0.4 is 0 Å². The second-order valence-corrected chi connectivity index (χ2v) is 5.14. The third kappa shape index (κ3) is 2.59. The molecule has 0 aliphatic heterocycles. The lowest BCUT2D eigenvalue weighted by Crippen LogP contribution is -1.70. The molecule has 0 aliphatic carbocycles. The van der Waals surface area contributed by atoms with Crippen LogP contribution in [-0.2, 0) is 0 Å². The zero-order valence-corrected chi connectivity index (χ0v) is 11.8. The maximum absolute atomic E-state index is 3.16. The van der Waals surface area contributed by atoms with E-state index >= 15 is 0 Å². The first-order chi connectivity index (χ1) is 9.72. The summed E-state index contributed by atoms with van der Waals surface area (Å²) in [6, 6.07) is 16.9. The number of benzene rings is 2. The van der Waals surface area contributed by atoms with Gasteiger partial charge in [-0.05, 0) is 60.5 Å². The van der Waals surface area contributed by atoms with Crippen molar-refractivity contribution >= 4 is 21.8 Å². The number of hydrogen-bond acceptors (Lipinski definition) is 0. The lowest BCUT2D eigenvalue weighted by Gasteiger charge is -1.90. The maximum atomic E-state index is 3.16. The van der Waals surface area contributed by atoms with Gasteiger partial charge in [0, 0.05) is 23.4 Å². The van der Waals surface area contributed by atoms with Gasteiger partial charge in [0.2, 0.25) is 0 Å². The van der Waals surface area contributed by atoms with E-state index in [2.05, 4.69) is 72.3 Å². The molecule has 2 aromatic carbocycles. The summed E-state index contributed by atoms with van der Waals surface area (Å²) in [6.07, 6.45) is 3.92. The van der Waals surface area contributed by atoms with Crippen LogP contribution in [0.1, 0.15) is 11.1 Å². The fourth-order valence-corrected chi connectivity index (χ4v) is 2.33. The molecule has 4 aromatic rings. The summed E-state index contributed by atoms with van der Waals surface area (Å²) in [7, 11) is 0. The molecule has 0 radical (unpaired) electrons. The number of fused-ring (bicyclic) bond motifs is 2. The monoisotopic (exact) mass is 262 g/mol. The van der Waals surface area contributed by atoms with Crippen LogP contribution in [0.5, 0.6) is 0 Å². The Morgan fingerprint density at radius 3 is 2.10 bits per heavy atom. The first-order valence-electron chi connectivity index (χ1n) is 6.80. The first-order valence-corrected chi connectivity index (χ1v) is 6.80. The summed E-state index contributed by atoms with van der Waals surface area (Å²) in [5, 5.41) is 2.57. The average Bonchev–Trinajstić information content (AvgIpc) is 3.06. The number of aryl methyl sites for hydroxylation is 2. The SMILES string of the molecule is Cc1ccc2[nH]ccc2c1.Cc1ccc2cc[nH]c2c1. The Morgan fingerprint density at radius 2 is 1.25 bits per heavy atom. The lowest BCUT2D eigenvalue weighted by atomic mass is 10.2. The predicted octanol–water partition coefficient (Wildman–Crippen LogP) is 4.95. The van der Waals surface area contributed by atoms with Gasteiger partial charge in [-0.2, -0.15) is 0 Å². The van der Waals surface area contributed by atoms with Gasteiger partial charge in [-0.15, -0.1) is 0 Å². The Morgan fingerprint density at radius 1 is 0.600 bits per heavy atom. The van der Waals surface area contributed by atoms with E-state index < -0.39 is 0 Å². The van der Waals surface area contributed by atoms with Crippen molar-refractivity contribution in [2.75, 3.05) is 0 Å². The van der Waals surface area contributed by atoms with Crippen LogP contribution in [-0.4, -0.2) is 9.97 Å². The molecule has 0 saturated heterocycles. The maximum Gasteiger partial charge on any atom is 0.0456 e. The minimum absolute atomic E-state index is 1.21. The Kier molecular flexibility index (Phi) is 3.30. The van der Waals surface area contributed by atoms with E-state index in [1.54, 1.807) is 0 Å². The highest BCUT2D eigenvalue weighted by Crippen LogP contribution is 2.13. The molecule has 0 bridgehead atoms. The molecule has 20 heavy (non-hydrogen) atoms. The van der Waals surface area contributed by atoms with Gasteiger partial charge in [0.25, 0.3) is 0 Å². The van der Waals surface area contributed by atoms with Gasteiger partial charge in [0.1, 0.15) is 0 Å². The number of rotatable bonds is 0. The van der Waals surface area contributed by atoms with Gasteiger partial charge < -0.3 is 9.97 Å². The molecule has 0 unspecified atom stereocenters. The number of aromatic amines is 2. The summed E-state index contributed by atoms with van der Waals surface area (Å²) in [4.78, 5) is 6.31. The Balaban J connectivity index is 0.000000121. The molecule has 2 nitrogen and oxygen atoms in total. The van der Waals surface area contributed by atoms with Crippen molar-refractivity contribution in [1.29, 1.82) is 0 Å². The Hall–Kier alpha value is -2.48. The third-order valence-electron chi connectivity index (χ3n) is 3.42. The van der Waals surface area contributed by atoms with E-state index in [9.17, 15) is 0 Å². The van der Waals surface area contributed by atoms with Crippen molar-refractivity contribution in [3.05, 3.63) is 72.1 Å². The smallest absolute Gasteiger partial charge is 0.0456 e. The van der Waals surface area contributed by atoms with Gasteiger partial charge in [-0.3, -0.25) is 0 Å². The van der Waals surface area contributed by atoms with E-state index in [-0.39, 0.29) is 0 Å². The zero-order chi connectivity index (χ0) is 13.9. The molecule has 0 fully saturated rings. The van der Waals surface area contributed by atoms with Crippen molar-refractivity contribution in [2.45, 2.75) is 13.8 Å². The molecular weight excluding hydrogens is 244 g/mol. The lowest BCUT2D eigenvalue weighted by molar-refractivity contribution is 1.44. The summed E-state index contributed by atoms with van der Waals surface area (Å²) in [6.45, 7) is 4.20. The number of H-pyrrole nitrogens is 2. The first kappa shape index (κ1) is 12.5. The number of nitrogens with one attached hydrogen (secondary N) is 2. The van der Waals surface area contributed by atoms with E-state index in [0.29, 0.717) is 0 Å². The van der Waals surface area contributed by atoms with Crippen molar-refractivity contribution in [2.24, 2.45) is 0 Å². The predicted molar refractivity (Wildman–Crippen MR) is 86.1 cm³/mol. The molecule has 100 valence electrons. The molecule has 0 atom stereocenters. The topological polar surface area (TPSA) is 31.6 Å². The zero-order valence-electron chi connectivity index (χ0n) is 11.8. The largest absolute Gasteiger partial charge is 0.361 e. The van der Waals surface area contributed by atoms with Crippen LogP contribution in [0.15, 0.2) is 60.9 Å². The van der Waals surface area contributed by atoms with Gasteiger partial charge in [0.15, 0.2) is 0 Å². The fraction of sp³-hybridized carbons (Fsp3) is 0.111. The molecule has 0 amide bonds. The second-order valence-electron chi connectivity index (χ2n) is 5.14. The van der Waals surface area contributed by atoms with Gasteiger partial charge in [-0.1, -0.05) is 23.8 Å². The highest BCUT2D eigenvalue weighted by atomic mass is 14.7. The summed E-state index contributed by atoms with van der Waals surface area (Å²) in [5.74, 6) is 0. The standard InChI is InChI=1S/2C9H9N/c1-7-2-3-9-8(6-7)4-5-10-9;1-7-2-3-8-4-5-10-9(8)6-7/h2*2-6,10H,1H3. The van der Waals surface area contributed by atoms with Gasteiger partial charge in [0.05, 0.1) is 0 Å². The average molecular weight is 262 g/mol. The Bertz CT molecular complexity index is 765. The van der Waals surface area contributed by atoms with Crippen LogP contribution in [0.3, 0.4) is 0 Å². The van der Waals surface area contributed by atoms with Crippen LogP contribution in [0, 0.1) is 13.8 Å². The van der Waals surface area contributed by atoms with Crippen molar-refractivity contribution < 1.29 is 0 Å². The molecule has 2 heterocycles. The molecule has 0 spiro atoms. The number of hydrogen-bond donors (Lipinski definition) is 2. The van der Waals surface area contributed by atoms with Crippen molar-refractivity contribution in [3.8, 4) is 0 Å². The van der Waals surface area contributed by atoms with Crippen LogP contribution >= 0.6 is 0 Å². The van der Waals surface area contributed by atoms with E-state index in [4.69, 9.17) is 0 Å². The van der Waals surface area contributed by atoms with Crippen LogP contribution in [0.2, 0.25) is 0 Å².